The van der Waals surface area contributed by atoms with Crippen molar-refractivity contribution in [3.05, 3.63) is 49.2 Å². The molecule has 9 nitrogen and oxygen atoms in total. The highest BCUT2D eigenvalue weighted by Gasteiger charge is 2.24. The molecular weight excluding hydrogens is 310 g/mol. The predicted octanol–water partition coefficient (Wildman–Crippen LogP) is 0.613. The molecule has 0 saturated carbocycles. The lowest BCUT2D eigenvalue weighted by Crippen LogP contribution is -2.49. The second-order valence-corrected chi connectivity index (χ2v) is 5.33. The number of anilines is 1. The number of amides is 1. The van der Waals surface area contributed by atoms with Crippen molar-refractivity contribution in [2.45, 2.75) is 0 Å². The van der Waals surface area contributed by atoms with Crippen LogP contribution in [0.15, 0.2) is 47.9 Å². The van der Waals surface area contributed by atoms with Gasteiger partial charge >= 0.3 is 0 Å². The van der Waals surface area contributed by atoms with Gasteiger partial charge in [-0.25, -0.2) is 19.6 Å². The zero-order valence-corrected chi connectivity index (χ0v) is 12.8. The second-order valence-electron chi connectivity index (χ2n) is 5.33. The summed E-state index contributed by atoms with van der Waals surface area (Å²) in [6.07, 6.45) is 6.07. The van der Waals surface area contributed by atoms with Gasteiger partial charge in [0.2, 0.25) is 0 Å². The van der Waals surface area contributed by atoms with E-state index in [1.807, 2.05) is 6.07 Å². The third-order valence-corrected chi connectivity index (χ3v) is 3.91. The third-order valence-electron chi connectivity index (χ3n) is 3.91. The lowest BCUT2D eigenvalue weighted by atomic mass is 10.3. The van der Waals surface area contributed by atoms with Crippen LogP contribution >= 0.6 is 0 Å². The minimum Gasteiger partial charge on any atom is -0.459 e. The Morgan fingerprint density at radius 1 is 1.08 bits per heavy atom. The Balaban J connectivity index is 1.44. The van der Waals surface area contributed by atoms with Crippen molar-refractivity contribution >= 4 is 11.7 Å². The van der Waals surface area contributed by atoms with Gasteiger partial charge in [-0.2, -0.15) is 5.10 Å². The minimum absolute atomic E-state index is 0.0781. The summed E-state index contributed by atoms with van der Waals surface area (Å²) in [5.41, 5.74) is 0. The number of carbonyl (C=O) groups is 1. The number of piperazine rings is 1. The van der Waals surface area contributed by atoms with Crippen LogP contribution in [-0.4, -0.2) is 61.7 Å². The van der Waals surface area contributed by atoms with Gasteiger partial charge in [0.1, 0.15) is 24.8 Å². The highest BCUT2D eigenvalue weighted by molar-refractivity contribution is 5.91. The summed E-state index contributed by atoms with van der Waals surface area (Å²) in [5, 5.41) is 4.07. The van der Waals surface area contributed by atoms with E-state index in [4.69, 9.17) is 4.42 Å². The molecule has 4 rings (SSSR count). The zero-order chi connectivity index (χ0) is 16.4. The molecule has 0 unspecified atom stereocenters. The molecule has 0 atom stereocenters. The molecule has 24 heavy (non-hydrogen) atoms. The van der Waals surface area contributed by atoms with Crippen LogP contribution in [0.25, 0.3) is 5.82 Å². The quantitative estimate of drug-likeness (QED) is 0.696. The Labute approximate surface area is 137 Å². The van der Waals surface area contributed by atoms with E-state index in [0.717, 1.165) is 5.82 Å². The Morgan fingerprint density at radius 3 is 2.62 bits per heavy atom. The first kappa shape index (κ1) is 14.4. The fraction of sp³-hybridized carbons (Fsp3) is 0.267. The largest absolute Gasteiger partial charge is 0.459 e. The Kier molecular flexibility index (Phi) is 3.66. The average Bonchev–Trinajstić information content (AvgIpc) is 3.35. The molecule has 3 aromatic heterocycles. The van der Waals surface area contributed by atoms with E-state index in [0.29, 0.717) is 37.8 Å². The molecule has 4 heterocycles. The topological polar surface area (TPSA) is 93.2 Å². The molecular formula is C15H15N7O2. The van der Waals surface area contributed by atoms with Gasteiger partial charge in [-0.15, -0.1) is 0 Å². The van der Waals surface area contributed by atoms with Crippen molar-refractivity contribution in [3.8, 4) is 5.82 Å². The molecule has 1 aliphatic heterocycles. The fourth-order valence-corrected chi connectivity index (χ4v) is 2.66. The van der Waals surface area contributed by atoms with Crippen LogP contribution in [0.1, 0.15) is 10.6 Å². The summed E-state index contributed by atoms with van der Waals surface area (Å²) in [6.45, 7) is 2.62. The van der Waals surface area contributed by atoms with Gasteiger partial charge in [-0.05, 0) is 12.1 Å². The van der Waals surface area contributed by atoms with E-state index in [9.17, 15) is 4.79 Å². The molecule has 0 spiro atoms. The normalized spacial score (nSPS) is 14.8. The van der Waals surface area contributed by atoms with Crippen molar-refractivity contribution < 1.29 is 9.21 Å². The van der Waals surface area contributed by atoms with Crippen molar-refractivity contribution in [2.24, 2.45) is 0 Å². The molecule has 9 heteroatoms. The standard InChI is InChI=1S/C15H15N7O2/c23-15(12-2-1-7-24-12)21-5-3-20(4-6-21)13-8-14(18-10-17-13)22-11-16-9-19-22/h1-2,7-11H,3-6H2. The molecule has 122 valence electrons. The van der Waals surface area contributed by atoms with Gasteiger partial charge in [0.05, 0.1) is 6.26 Å². The Morgan fingerprint density at radius 2 is 1.92 bits per heavy atom. The molecule has 1 aliphatic rings. The molecule has 1 amide bonds. The zero-order valence-electron chi connectivity index (χ0n) is 12.8. The van der Waals surface area contributed by atoms with Crippen molar-refractivity contribution in [1.29, 1.82) is 0 Å². The maximum atomic E-state index is 12.3. The number of aromatic nitrogens is 5. The number of hydrogen-bond donors (Lipinski definition) is 0. The van der Waals surface area contributed by atoms with Crippen LogP contribution in [0.4, 0.5) is 5.82 Å². The molecule has 3 aromatic rings. The smallest absolute Gasteiger partial charge is 0.289 e. The first-order chi connectivity index (χ1) is 11.8. The maximum absolute atomic E-state index is 12.3. The average molecular weight is 325 g/mol. The molecule has 0 N–H and O–H groups in total. The lowest BCUT2D eigenvalue weighted by molar-refractivity contribution is 0.0714. The van der Waals surface area contributed by atoms with Crippen molar-refractivity contribution in [2.75, 3.05) is 31.1 Å². The van der Waals surface area contributed by atoms with Crippen LogP contribution < -0.4 is 4.90 Å². The number of furan rings is 1. The van der Waals surface area contributed by atoms with Crippen molar-refractivity contribution in [1.82, 2.24) is 29.6 Å². The first-order valence-electron chi connectivity index (χ1n) is 7.56. The minimum atomic E-state index is -0.0781. The highest BCUT2D eigenvalue weighted by Crippen LogP contribution is 2.16. The monoisotopic (exact) mass is 325 g/mol. The van der Waals surface area contributed by atoms with Crippen LogP contribution in [0.3, 0.4) is 0 Å². The van der Waals surface area contributed by atoms with E-state index in [-0.39, 0.29) is 5.91 Å². The first-order valence-corrected chi connectivity index (χ1v) is 7.56. The third kappa shape index (κ3) is 2.71. The molecule has 1 saturated heterocycles. The summed E-state index contributed by atoms with van der Waals surface area (Å²) in [5.74, 6) is 1.76. The summed E-state index contributed by atoms with van der Waals surface area (Å²) >= 11 is 0. The molecule has 0 aliphatic carbocycles. The van der Waals surface area contributed by atoms with Gasteiger partial charge < -0.3 is 14.2 Å². The number of nitrogens with zero attached hydrogens (tertiary/aromatic N) is 7. The van der Waals surface area contributed by atoms with Crippen LogP contribution in [-0.2, 0) is 0 Å². The van der Waals surface area contributed by atoms with Crippen LogP contribution in [0, 0.1) is 0 Å². The number of hydrogen-bond acceptors (Lipinski definition) is 7. The van der Waals surface area contributed by atoms with Gasteiger partial charge in [0.25, 0.3) is 5.91 Å². The van der Waals surface area contributed by atoms with E-state index < -0.39 is 0 Å². The van der Waals surface area contributed by atoms with E-state index >= 15 is 0 Å². The van der Waals surface area contributed by atoms with E-state index in [1.165, 1.54) is 18.9 Å². The van der Waals surface area contributed by atoms with E-state index in [1.54, 1.807) is 28.0 Å². The SMILES string of the molecule is O=C(c1ccco1)N1CCN(c2cc(-n3cncn3)ncn2)CC1. The Bertz CT molecular complexity index is 808. The van der Waals surface area contributed by atoms with Crippen LogP contribution in [0.5, 0.6) is 0 Å². The van der Waals surface area contributed by atoms with Crippen LogP contribution in [0.2, 0.25) is 0 Å². The van der Waals surface area contributed by atoms with E-state index in [2.05, 4.69) is 25.0 Å². The molecule has 0 bridgehead atoms. The summed E-state index contributed by atoms with van der Waals surface area (Å²) in [7, 11) is 0. The summed E-state index contributed by atoms with van der Waals surface area (Å²) in [4.78, 5) is 28.6. The van der Waals surface area contributed by atoms with Crippen molar-refractivity contribution in [3.63, 3.8) is 0 Å². The maximum Gasteiger partial charge on any atom is 0.289 e. The van der Waals surface area contributed by atoms with Gasteiger partial charge in [0.15, 0.2) is 11.6 Å². The summed E-state index contributed by atoms with van der Waals surface area (Å²) < 4.78 is 6.76. The predicted molar refractivity (Wildman–Crippen MR) is 83.8 cm³/mol. The van der Waals surface area contributed by atoms with Gasteiger partial charge in [-0.1, -0.05) is 0 Å². The number of carbonyl (C=O) groups excluding carboxylic acids is 1. The van der Waals surface area contributed by atoms with Gasteiger partial charge in [0, 0.05) is 32.2 Å². The molecule has 0 radical (unpaired) electrons. The second kappa shape index (κ2) is 6.11. The van der Waals surface area contributed by atoms with Gasteiger partial charge in [-0.3, -0.25) is 4.79 Å². The number of rotatable bonds is 3. The lowest BCUT2D eigenvalue weighted by Gasteiger charge is -2.35. The fourth-order valence-electron chi connectivity index (χ4n) is 2.66. The summed E-state index contributed by atoms with van der Waals surface area (Å²) in [6, 6.07) is 5.26. The highest BCUT2D eigenvalue weighted by atomic mass is 16.3. The Hall–Kier alpha value is -3.23. The molecule has 0 aromatic carbocycles. The molecule has 1 fully saturated rings.